The molecule has 3 aromatic heterocycles. The smallest absolute Gasteiger partial charge is 0.278 e. The first kappa shape index (κ1) is 44.3. The number of hydrogen-bond acceptors (Lipinski definition) is 13. The van der Waals surface area contributed by atoms with Crippen molar-refractivity contribution in [2.24, 2.45) is 0 Å². The lowest BCUT2D eigenvalue weighted by Crippen LogP contribution is -2.30. The molecule has 0 spiro atoms. The number of hydrogen-bond donors (Lipinski definition) is 2. The second-order valence-corrected chi connectivity index (χ2v) is 18.5. The summed E-state index contributed by atoms with van der Waals surface area (Å²) >= 11 is 6.60. The summed E-state index contributed by atoms with van der Waals surface area (Å²) in [6.45, 7) is 10.3. The third-order valence-electron chi connectivity index (χ3n) is 7.53. The second-order valence-electron chi connectivity index (χ2n) is 12.3. The summed E-state index contributed by atoms with van der Waals surface area (Å²) in [5, 5.41) is 3.03. The number of pyridine rings is 3. The summed E-state index contributed by atoms with van der Waals surface area (Å²) < 4.78 is 62.5. The van der Waals surface area contributed by atoms with Gasteiger partial charge in [0, 0.05) is 42.8 Å². The van der Waals surface area contributed by atoms with E-state index in [1.807, 2.05) is 45.9 Å². The summed E-state index contributed by atoms with van der Waals surface area (Å²) in [5.41, 5.74) is 7.89. The number of sulfone groups is 2. The van der Waals surface area contributed by atoms with E-state index in [-0.39, 0.29) is 62.8 Å². The average molecular weight is 913 g/mol. The Morgan fingerprint density at radius 3 is 1.81 bits per heavy atom. The fourth-order valence-corrected chi connectivity index (χ4v) is 7.74. The zero-order valence-corrected chi connectivity index (χ0v) is 36.0. The number of Topliss-reactive ketones (excluding diaryl/α,β-unsaturated/α-hetero) is 1. The maximum absolute atomic E-state index is 13.0. The fraction of sp³-hybridized carbons (Fsp3) is 0.361. The fourth-order valence-electron chi connectivity index (χ4n) is 4.88. The standard InChI is InChI=1S/C19H23BrN2O4S.C17H21BrN4O4S/c1-5-27(24,25)18-10-15(26-12(2)3)11-22-19(18)17(23)9-13-8-14(20)6-7-16(13)21-4;1-5-27(24,25)14-6-11(26-10(2)3)8-21-16(14)17(23)22(4)13-9-20-15(18)7-12(13)19/h6-8,10-12,21H,5,9H2,1-4H3;6-10H,5H2,1-4H3,(H2,19,20). The molecule has 4 rings (SSSR count). The van der Waals surface area contributed by atoms with Crippen LogP contribution in [0, 0.1) is 0 Å². The van der Waals surface area contributed by atoms with Gasteiger partial charge in [-0.25, -0.2) is 31.8 Å². The van der Waals surface area contributed by atoms with Crippen LogP contribution in [0.1, 0.15) is 68.1 Å². The molecule has 0 radical (unpaired) electrons. The predicted molar refractivity (Wildman–Crippen MR) is 216 cm³/mol. The van der Waals surface area contributed by atoms with Crippen LogP contribution in [0.15, 0.2) is 73.9 Å². The van der Waals surface area contributed by atoms with Gasteiger partial charge in [0.2, 0.25) is 0 Å². The monoisotopic (exact) mass is 910 g/mol. The van der Waals surface area contributed by atoms with Gasteiger partial charge in [0.15, 0.2) is 25.5 Å². The van der Waals surface area contributed by atoms with E-state index in [0.717, 1.165) is 15.7 Å². The van der Waals surface area contributed by atoms with E-state index in [0.29, 0.717) is 21.7 Å². The molecular formula is C36H44Br2N6O8S2. The molecule has 0 bridgehead atoms. The molecule has 292 valence electrons. The molecule has 0 fully saturated rings. The third-order valence-corrected chi connectivity index (χ3v) is 11.9. The van der Waals surface area contributed by atoms with Gasteiger partial charge in [0.25, 0.3) is 5.91 Å². The van der Waals surface area contributed by atoms with Crippen LogP contribution in [0.2, 0.25) is 0 Å². The Kier molecular flexibility index (Phi) is 15.5. The van der Waals surface area contributed by atoms with Crippen LogP contribution in [-0.4, -0.2) is 81.3 Å². The molecule has 4 aromatic rings. The summed E-state index contributed by atoms with van der Waals surface area (Å²) in [5.74, 6) is -0.681. The minimum atomic E-state index is -3.71. The molecule has 0 aliphatic carbocycles. The highest BCUT2D eigenvalue weighted by Crippen LogP contribution is 2.29. The molecule has 0 aliphatic rings. The Labute approximate surface area is 333 Å². The number of aromatic nitrogens is 3. The number of nitrogens with one attached hydrogen (secondary N) is 1. The molecule has 1 aromatic carbocycles. The van der Waals surface area contributed by atoms with E-state index in [1.54, 1.807) is 13.1 Å². The number of carbonyl (C=O) groups excluding carboxylic acids is 2. The molecule has 0 unspecified atom stereocenters. The third kappa shape index (κ3) is 11.4. The lowest BCUT2D eigenvalue weighted by Gasteiger charge is -2.20. The number of amides is 1. The summed E-state index contributed by atoms with van der Waals surface area (Å²) in [6.07, 6.45) is 3.87. The molecule has 3 N–H and O–H groups in total. The molecule has 0 aliphatic heterocycles. The van der Waals surface area contributed by atoms with Crippen LogP contribution in [0.4, 0.5) is 17.1 Å². The number of anilines is 3. The maximum Gasteiger partial charge on any atom is 0.278 e. The van der Waals surface area contributed by atoms with Gasteiger partial charge in [-0.3, -0.25) is 9.59 Å². The molecule has 18 heteroatoms. The van der Waals surface area contributed by atoms with Crippen LogP contribution in [-0.2, 0) is 26.1 Å². The van der Waals surface area contributed by atoms with Gasteiger partial charge in [0.05, 0.1) is 58.6 Å². The van der Waals surface area contributed by atoms with Crippen LogP contribution in [0.5, 0.6) is 11.5 Å². The first-order valence-electron chi connectivity index (χ1n) is 16.7. The number of nitrogens with two attached hydrogens (primary N) is 1. The summed E-state index contributed by atoms with van der Waals surface area (Å²) in [4.78, 5) is 39.1. The summed E-state index contributed by atoms with van der Waals surface area (Å²) in [6, 6.07) is 9.81. The van der Waals surface area contributed by atoms with Crippen molar-refractivity contribution in [2.75, 3.05) is 41.6 Å². The van der Waals surface area contributed by atoms with E-state index in [1.165, 1.54) is 56.5 Å². The number of halogens is 2. The van der Waals surface area contributed by atoms with Crippen molar-refractivity contribution in [3.8, 4) is 11.5 Å². The van der Waals surface area contributed by atoms with E-state index < -0.39 is 25.6 Å². The molecule has 14 nitrogen and oxygen atoms in total. The minimum Gasteiger partial charge on any atom is -0.489 e. The second kappa shape index (κ2) is 19.0. The molecule has 54 heavy (non-hydrogen) atoms. The van der Waals surface area contributed by atoms with Gasteiger partial charge in [-0.1, -0.05) is 29.8 Å². The van der Waals surface area contributed by atoms with Crippen molar-refractivity contribution < 1.29 is 35.9 Å². The first-order chi connectivity index (χ1) is 25.2. The van der Waals surface area contributed by atoms with Crippen LogP contribution in [0.3, 0.4) is 0 Å². The first-order valence-corrected chi connectivity index (χ1v) is 21.6. The van der Waals surface area contributed by atoms with Gasteiger partial charge < -0.3 is 25.4 Å². The molecule has 0 saturated carbocycles. The number of rotatable bonds is 14. The zero-order chi connectivity index (χ0) is 40.5. The van der Waals surface area contributed by atoms with Crippen molar-refractivity contribution in [1.29, 1.82) is 0 Å². The Morgan fingerprint density at radius 1 is 0.815 bits per heavy atom. The zero-order valence-electron chi connectivity index (χ0n) is 31.2. The van der Waals surface area contributed by atoms with E-state index >= 15 is 0 Å². The molecule has 0 atom stereocenters. The molecular weight excluding hydrogens is 868 g/mol. The molecule has 0 saturated heterocycles. The van der Waals surface area contributed by atoms with Crippen molar-refractivity contribution in [1.82, 2.24) is 15.0 Å². The van der Waals surface area contributed by atoms with Crippen LogP contribution < -0.4 is 25.4 Å². The number of nitrogen functional groups attached to an aromatic ring is 1. The van der Waals surface area contributed by atoms with Crippen molar-refractivity contribution in [3.05, 3.63) is 81.0 Å². The number of nitrogens with zero attached hydrogens (tertiary/aromatic N) is 4. The van der Waals surface area contributed by atoms with E-state index in [2.05, 4.69) is 52.1 Å². The highest BCUT2D eigenvalue weighted by atomic mass is 79.9. The maximum atomic E-state index is 13.0. The molecule has 3 heterocycles. The van der Waals surface area contributed by atoms with Gasteiger partial charge >= 0.3 is 0 Å². The van der Waals surface area contributed by atoms with Gasteiger partial charge in [-0.15, -0.1) is 0 Å². The lowest BCUT2D eigenvalue weighted by molar-refractivity contribution is 0.0977. The van der Waals surface area contributed by atoms with Crippen molar-refractivity contribution in [3.63, 3.8) is 0 Å². The van der Waals surface area contributed by atoms with Crippen molar-refractivity contribution >= 4 is 80.3 Å². The number of ketones is 1. The Bertz CT molecular complexity index is 2220. The minimum absolute atomic E-state index is 0.0270. The summed E-state index contributed by atoms with van der Waals surface area (Å²) in [7, 11) is -4.10. The molecule has 1 amide bonds. The Hall–Kier alpha value is -4.13. The Balaban J connectivity index is 0.000000290. The average Bonchev–Trinajstić information content (AvgIpc) is 3.11. The van der Waals surface area contributed by atoms with Crippen LogP contribution in [0.25, 0.3) is 0 Å². The van der Waals surface area contributed by atoms with Gasteiger partial charge in [-0.2, -0.15) is 0 Å². The topological polar surface area (TPSA) is 201 Å². The lowest BCUT2D eigenvalue weighted by atomic mass is 10.0. The van der Waals surface area contributed by atoms with Gasteiger partial charge in [-0.05, 0) is 73.5 Å². The largest absolute Gasteiger partial charge is 0.489 e. The normalized spacial score (nSPS) is 11.5. The van der Waals surface area contributed by atoms with Crippen molar-refractivity contribution in [2.45, 2.75) is 70.0 Å². The quantitative estimate of drug-likeness (QED) is 0.102. The highest BCUT2D eigenvalue weighted by molar-refractivity contribution is 9.10. The Morgan fingerprint density at radius 2 is 1.33 bits per heavy atom. The highest BCUT2D eigenvalue weighted by Gasteiger charge is 2.28. The predicted octanol–water partition coefficient (Wildman–Crippen LogP) is 6.57. The SMILES string of the molecule is CCS(=O)(=O)c1cc(OC(C)C)cnc1C(=O)Cc1cc(Br)ccc1NC.CCS(=O)(=O)c1cc(OC(C)C)cnc1C(=O)N(C)c1cnc(Br)cc1N. The van der Waals surface area contributed by atoms with E-state index in [9.17, 15) is 26.4 Å². The van der Waals surface area contributed by atoms with Gasteiger partial charge in [0.1, 0.15) is 32.4 Å². The number of benzene rings is 1. The van der Waals surface area contributed by atoms with Crippen LogP contribution >= 0.6 is 31.9 Å². The number of ether oxygens (including phenoxy) is 2. The van der Waals surface area contributed by atoms with E-state index in [4.69, 9.17) is 15.2 Å². The number of carbonyl (C=O) groups is 2.